The van der Waals surface area contributed by atoms with Gasteiger partial charge in [-0.05, 0) is 37.5 Å². The molecule has 1 heterocycles. The lowest BCUT2D eigenvalue weighted by molar-refractivity contribution is 0.0684. The van der Waals surface area contributed by atoms with Crippen molar-refractivity contribution >= 4 is 11.9 Å². The maximum Gasteiger partial charge on any atom is 0.354 e. The quantitative estimate of drug-likeness (QED) is 0.926. The zero-order chi connectivity index (χ0) is 18.0. The minimum Gasteiger partial charge on any atom is -0.477 e. The lowest BCUT2D eigenvalue weighted by Crippen LogP contribution is -2.38. The Morgan fingerprint density at radius 1 is 1.12 bits per heavy atom. The number of likely N-dealkylation sites (N-methyl/N-ethyl adjacent to an activating group) is 1. The van der Waals surface area contributed by atoms with Crippen molar-refractivity contribution in [1.29, 1.82) is 0 Å². The van der Waals surface area contributed by atoms with E-state index in [1.807, 2.05) is 7.05 Å². The number of carboxylic acid groups (broad SMARTS) is 1. The van der Waals surface area contributed by atoms with Crippen LogP contribution < -0.4 is 0 Å². The van der Waals surface area contributed by atoms with Gasteiger partial charge in [-0.1, -0.05) is 36.2 Å². The molecule has 25 heavy (non-hydrogen) atoms. The van der Waals surface area contributed by atoms with Crippen molar-refractivity contribution in [3.05, 3.63) is 65.0 Å². The summed E-state index contributed by atoms with van der Waals surface area (Å²) in [7, 11) is 1.82. The van der Waals surface area contributed by atoms with Crippen LogP contribution in [-0.2, 0) is 0 Å². The van der Waals surface area contributed by atoms with Gasteiger partial charge >= 0.3 is 5.97 Å². The van der Waals surface area contributed by atoms with E-state index < -0.39 is 5.97 Å². The Labute approximate surface area is 147 Å². The van der Waals surface area contributed by atoms with E-state index in [-0.39, 0.29) is 17.6 Å². The van der Waals surface area contributed by atoms with Crippen LogP contribution in [0.15, 0.2) is 42.6 Å². The first-order valence-corrected chi connectivity index (χ1v) is 8.50. The molecule has 1 saturated carbocycles. The van der Waals surface area contributed by atoms with Gasteiger partial charge < -0.3 is 10.0 Å². The number of carbonyl (C=O) groups is 2. The van der Waals surface area contributed by atoms with Gasteiger partial charge in [-0.15, -0.1) is 0 Å². The van der Waals surface area contributed by atoms with Crippen molar-refractivity contribution in [2.45, 2.75) is 38.1 Å². The highest BCUT2D eigenvalue weighted by atomic mass is 16.4. The molecular formula is C20H22N2O3. The van der Waals surface area contributed by atoms with Crippen LogP contribution in [0.1, 0.15) is 57.2 Å². The number of pyridine rings is 1. The predicted molar refractivity (Wildman–Crippen MR) is 94.8 cm³/mol. The standard InChI is InChI=1S/C20H22N2O3/c1-13-6-8-14(9-7-13)16-4-3-5-18(16)22(2)19(23)15-10-11-17(20(24)25)21-12-15/h6-12,16,18H,3-5H2,1-2H3,(H,24,25). The summed E-state index contributed by atoms with van der Waals surface area (Å²) in [6, 6.07) is 11.6. The summed E-state index contributed by atoms with van der Waals surface area (Å²) in [4.78, 5) is 29.3. The third kappa shape index (κ3) is 3.55. The third-order valence-corrected chi connectivity index (χ3v) is 5.03. The molecule has 1 aliphatic rings. The number of carbonyl (C=O) groups excluding carboxylic acids is 1. The first kappa shape index (κ1) is 17.1. The lowest BCUT2D eigenvalue weighted by Gasteiger charge is -2.30. The number of benzene rings is 1. The fraction of sp³-hybridized carbons (Fsp3) is 0.350. The van der Waals surface area contributed by atoms with Crippen molar-refractivity contribution in [2.75, 3.05) is 7.05 Å². The molecule has 130 valence electrons. The number of aromatic nitrogens is 1. The Hall–Kier alpha value is -2.69. The number of nitrogens with zero attached hydrogens (tertiary/aromatic N) is 2. The fourth-order valence-electron chi connectivity index (χ4n) is 3.61. The molecule has 0 bridgehead atoms. The summed E-state index contributed by atoms with van der Waals surface area (Å²) in [5.74, 6) is -0.878. The van der Waals surface area contributed by atoms with Crippen molar-refractivity contribution in [2.24, 2.45) is 0 Å². The second-order valence-corrected chi connectivity index (χ2v) is 6.67. The second-order valence-electron chi connectivity index (χ2n) is 6.67. The molecule has 2 atom stereocenters. The van der Waals surface area contributed by atoms with E-state index in [1.54, 1.807) is 4.90 Å². The van der Waals surface area contributed by atoms with Gasteiger partial charge in [0.25, 0.3) is 5.91 Å². The Bertz CT molecular complexity index is 769. The van der Waals surface area contributed by atoms with Gasteiger partial charge in [0.15, 0.2) is 0 Å². The highest BCUT2D eigenvalue weighted by Crippen LogP contribution is 2.37. The molecule has 0 radical (unpaired) electrons. The van der Waals surface area contributed by atoms with Gasteiger partial charge in [0.05, 0.1) is 5.56 Å². The van der Waals surface area contributed by atoms with Crippen LogP contribution in [0, 0.1) is 6.92 Å². The molecular weight excluding hydrogens is 316 g/mol. The van der Waals surface area contributed by atoms with Crippen molar-refractivity contribution in [3.8, 4) is 0 Å². The zero-order valence-corrected chi connectivity index (χ0v) is 14.5. The number of aryl methyl sites for hydroxylation is 1. The van der Waals surface area contributed by atoms with Crippen LogP contribution in [0.2, 0.25) is 0 Å². The molecule has 1 N–H and O–H groups in total. The van der Waals surface area contributed by atoms with Crippen molar-refractivity contribution in [3.63, 3.8) is 0 Å². The van der Waals surface area contributed by atoms with E-state index >= 15 is 0 Å². The fourth-order valence-corrected chi connectivity index (χ4v) is 3.61. The van der Waals surface area contributed by atoms with E-state index in [0.29, 0.717) is 11.5 Å². The SMILES string of the molecule is Cc1ccc(C2CCCC2N(C)C(=O)c2ccc(C(=O)O)nc2)cc1. The minimum absolute atomic E-state index is 0.0578. The summed E-state index contributed by atoms with van der Waals surface area (Å²) in [6.07, 6.45) is 4.48. The molecule has 1 aromatic carbocycles. The molecule has 2 aromatic rings. The normalized spacial score (nSPS) is 19.6. The molecule has 0 spiro atoms. The monoisotopic (exact) mass is 338 g/mol. The van der Waals surface area contributed by atoms with Crippen LogP contribution in [0.25, 0.3) is 0 Å². The first-order valence-electron chi connectivity index (χ1n) is 8.50. The second kappa shape index (κ2) is 7.05. The van der Waals surface area contributed by atoms with Gasteiger partial charge in [-0.3, -0.25) is 4.79 Å². The molecule has 1 aromatic heterocycles. The van der Waals surface area contributed by atoms with Gasteiger partial charge in [0.1, 0.15) is 5.69 Å². The van der Waals surface area contributed by atoms with E-state index in [9.17, 15) is 9.59 Å². The molecule has 5 nitrogen and oxygen atoms in total. The smallest absolute Gasteiger partial charge is 0.354 e. The summed E-state index contributed by atoms with van der Waals surface area (Å²) < 4.78 is 0. The zero-order valence-electron chi connectivity index (χ0n) is 14.5. The van der Waals surface area contributed by atoms with Crippen LogP contribution in [0.5, 0.6) is 0 Å². The average molecular weight is 338 g/mol. The van der Waals surface area contributed by atoms with E-state index in [0.717, 1.165) is 19.3 Å². The van der Waals surface area contributed by atoms with Gasteiger partial charge in [-0.2, -0.15) is 0 Å². The number of rotatable bonds is 4. The van der Waals surface area contributed by atoms with Crippen LogP contribution in [0.3, 0.4) is 0 Å². The molecule has 3 rings (SSSR count). The van der Waals surface area contributed by atoms with Crippen LogP contribution in [0.4, 0.5) is 0 Å². The Kier molecular flexibility index (Phi) is 4.83. The van der Waals surface area contributed by atoms with Crippen LogP contribution >= 0.6 is 0 Å². The number of carboxylic acids is 1. The van der Waals surface area contributed by atoms with Gasteiger partial charge in [-0.25, -0.2) is 9.78 Å². The van der Waals surface area contributed by atoms with E-state index in [2.05, 4.69) is 36.2 Å². The van der Waals surface area contributed by atoms with Crippen LogP contribution in [-0.4, -0.2) is 40.0 Å². The van der Waals surface area contributed by atoms with E-state index in [1.165, 1.54) is 29.5 Å². The molecule has 1 aliphatic carbocycles. The summed E-state index contributed by atoms with van der Waals surface area (Å²) >= 11 is 0. The predicted octanol–water partition coefficient (Wildman–Crippen LogP) is 3.50. The topological polar surface area (TPSA) is 70.5 Å². The first-order chi connectivity index (χ1) is 12.0. The molecule has 0 aliphatic heterocycles. The number of aromatic carboxylic acids is 1. The highest BCUT2D eigenvalue weighted by Gasteiger charge is 2.34. The molecule has 1 amide bonds. The summed E-state index contributed by atoms with van der Waals surface area (Å²) in [5.41, 5.74) is 2.86. The summed E-state index contributed by atoms with van der Waals surface area (Å²) in [5, 5.41) is 8.92. The largest absolute Gasteiger partial charge is 0.477 e. The number of amides is 1. The number of hydrogen-bond acceptors (Lipinski definition) is 3. The Balaban J connectivity index is 1.78. The maximum atomic E-state index is 12.8. The molecule has 2 unspecified atom stereocenters. The minimum atomic E-state index is -1.09. The van der Waals surface area contributed by atoms with E-state index in [4.69, 9.17) is 5.11 Å². The van der Waals surface area contributed by atoms with Gasteiger partial charge in [0, 0.05) is 25.2 Å². The van der Waals surface area contributed by atoms with Gasteiger partial charge in [0.2, 0.25) is 0 Å². The molecule has 0 saturated heterocycles. The third-order valence-electron chi connectivity index (χ3n) is 5.03. The lowest BCUT2D eigenvalue weighted by atomic mass is 9.92. The highest BCUT2D eigenvalue weighted by molar-refractivity contribution is 5.95. The summed E-state index contributed by atoms with van der Waals surface area (Å²) in [6.45, 7) is 2.07. The Morgan fingerprint density at radius 3 is 2.44 bits per heavy atom. The van der Waals surface area contributed by atoms with Crippen molar-refractivity contribution in [1.82, 2.24) is 9.88 Å². The molecule has 1 fully saturated rings. The number of hydrogen-bond donors (Lipinski definition) is 1. The van der Waals surface area contributed by atoms with Crippen molar-refractivity contribution < 1.29 is 14.7 Å². The Morgan fingerprint density at radius 2 is 1.84 bits per heavy atom. The average Bonchev–Trinajstić information content (AvgIpc) is 3.11. The molecule has 5 heteroatoms. The maximum absolute atomic E-state index is 12.8.